The Morgan fingerprint density at radius 2 is 1.70 bits per heavy atom. The Morgan fingerprint density at radius 3 is 2.25 bits per heavy atom. The topological polar surface area (TPSA) is 23.9 Å². The number of alkyl halides is 3. The van der Waals surface area contributed by atoms with E-state index >= 15 is 0 Å². The number of nitrogens with one attached hydrogen (secondary N) is 1. The van der Waals surface area contributed by atoms with Gasteiger partial charge in [0.1, 0.15) is 0 Å². The van der Waals surface area contributed by atoms with E-state index in [0.717, 1.165) is 22.8 Å². The molecule has 1 N–H and O–H groups in total. The molecule has 0 heterocycles. The molecule has 0 aliphatic rings. The van der Waals surface area contributed by atoms with Crippen LogP contribution < -0.4 is 0 Å². The zero-order chi connectivity index (χ0) is 15.2. The first-order chi connectivity index (χ1) is 9.31. The van der Waals surface area contributed by atoms with Gasteiger partial charge in [0.2, 0.25) is 0 Å². The Hall–Kier alpha value is -1.84. The number of allylic oxidation sites excluding steroid dienone is 4. The highest BCUT2D eigenvalue weighted by atomic mass is 19.4. The molecule has 0 bridgehead atoms. The fourth-order valence-electron chi connectivity index (χ4n) is 1.90. The Labute approximate surface area is 117 Å². The summed E-state index contributed by atoms with van der Waals surface area (Å²) < 4.78 is 35.7. The molecule has 1 aromatic carbocycles. The molecule has 0 atom stereocenters. The predicted molar refractivity (Wildman–Crippen MR) is 76.3 cm³/mol. The van der Waals surface area contributed by atoms with Gasteiger partial charge in [-0.05, 0) is 37.5 Å². The molecular weight excluding hydrogens is 263 g/mol. The van der Waals surface area contributed by atoms with Gasteiger partial charge < -0.3 is 5.41 Å². The summed E-state index contributed by atoms with van der Waals surface area (Å²) in [5, 5.41) is 8.00. The van der Waals surface area contributed by atoms with Gasteiger partial charge in [-0.3, -0.25) is 0 Å². The van der Waals surface area contributed by atoms with Crippen LogP contribution in [0.4, 0.5) is 13.2 Å². The molecule has 0 aliphatic heterocycles. The van der Waals surface area contributed by atoms with Gasteiger partial charge in [-0.25, -0.2) is 0 Å². The average molecular weight is 281 g/mol. The molecule has 0 amide bonds. The quantitative estimate of drug-likeness (QED) is 0.571. The summed E-state index contributed by atoms with van der Waals surface area (Å²) in [6.07, 6.45) is 1.23. The molecule has 0 fully saturated rings. The van der Waals surface area contributed by atoms with Crippen molar-refractivity contribution >= 4 is 5.71 Å². The largest absolute Gasteiger partial charge is 0.392 e. The van der Waals surface area contributed by atoms with E-state index in [4.69, 9.17) is 5.41 Å². The third-order valence-electron chi connectivity index (χ3n) is 2.82. The Kier molecular flexibility index (Phi) is 5.74. The normalized spacial score (nSPS) is 12.4. The summed E-state index contributed by atoms with van der Waals surface area (Å²) >= 11 is 0. The van der Waals surface area contributed by atoms with Gasteiger partial charge in [0.05, 0.1) is 12.1 Å². The van der Waals surface area contributed by atoms with Gasteiger partial charge in [-0.2, -0.15) is 13.2 Å². The second kappa shape index (κ2) is 7.08. The number of aryl methyl sites for hydroxylation is 2. The molecule has 1 nitrogen and oxygen atoms in total. The smallest absolute Gasteiger partial charge is 0.300 e. The summed E-state index contributed by atoms with van der Waals surface area (Å²) in [5.74, 6) is 0. The molecule has 1 aromatic rings. The molecule has 0 saturated heterocycles. The number of hydrogen-bond donors (Lipinski definition) is 1. The third kappa shape index (κ3) is 5.43. The highest BCUT2D eigenvalue weighted by Gasteiger charge is 2.24. The lowest BCUT2D eigenvalue weighted by Gasteiger charge is -2.07. The van der Waals surface area contributed by atoms with E-state index in [2.05, 4.69) is 0 Å². The Bertz CT molecular complexity index is 505. The van der Waals surface area contributed by atoms with Crippen LogP contribution in [0, 0.1) is 19.3 Å². The lowest BCUT2D eigenvalue weighted by molar-refractivity contribution is -0.125. The Morgan fingerprint density at radius 1 is 1.10 bits per heavy atom. The van der Waals surface area contributed by atoms with Crippen LogP contribution in [-0.2, 0) is 0 Å². The SMILES string of the molecule is Cc1cccc(C)c1C(=N)/C=C/C/C=C\CC(F)(F)F. The van der Waals surface area contributed by atoms with Crippen LogP contribution in [0.5, 0.6) is 0 Å². The van der Waals surface area contributed by atoms with Gasteiger partial charge in [-0.15, -0.1) is 0 Å². The molecule has 4 heteroatoms. The monoisotopic (exact) mass is 281 g/mol. The standard InChI is InChI=1S/C16H18F3N/c1-12-8-7-9-13(2)15(12)14(20)10-5-3-4-6-11-16(17,18)19/h4-10,20H,3,11H2,1-2H3/b6-4-,10-5+,20-14?. The lowest BCUT2D eigenvalue weighted by Crippen LogP contribution is -2.03. The molecule has 0 aromatic heterocycles. The maximum Gasteiger partial charge on any atom is 0.392 e. The molecule has 1 rings (SSSR count). The second-order valence-electron chi connectivity index (χ2n) is 4.61. The maximum atomic E-state index is 11.9. The number of hydrogen-bond acceptors (Lipinski definition) is 1. The van der Waals surface area contributed by atoms with Crippen molar-refractivity contribution < 1.29 is 13.2 Å². The van der Waals surface area contributed by atoms with E-state index in [1.54, 1.807) is 12.2 Å². The molecule has 0 aliphatic carbocycles. The average Bonchev–Trinajstić information content (AvgIpc) is 2.32. The zero-order valence-electron chi connectivity index (χ0n) is 11.6. The third-order valence-corrected chi connectivity index (χ3v) is 2.82. The molecule has 108 valence electrons. The molecular formula is C16H18F3N. The Balaban J connectivity index is 2.57. The predicted octanol–water partition coefficient (Wildman–Crippen LogP) is 5.13. The minimum absolute atomic E-state index is 0.379. The molecule has 0 unspecified atom stereocenters. The fraction of sp³-hybridized carbons (Fsp3) is 0.312. The van der Waals surface area contributed by atoms with Crippen molar-refractivity contribution in [3.63, 3.8) is 0 Å². The van der Waals surface area contributed by atoms with Crippen LogP contribution >= 0.6 is 0 Å². The van der Waals surface area contributed by atoms with E-state index in [1.165, 1.54) is 6.08 Å². The van der Waals surface area contributed by atoms with Crippen LogP contribution in [0.15, 0.2) is 42.5 Å². The van der Waals surface area contributed by atoms with Crippen molar-refractivity contribution in [3.05, 3.63) is 59.2 Å². The minimum atomic E-state index is -4.15. The molecule has 0 radical (unpaired) electrons. The van der Waals surface area contributed by atoms with Gasteiger partial charge >= 0.3 is 6.18 Å². The summed E-state index contributed by atoms with van der Waals surface area (Å²) in [6, 6.07) is 5.81. The van der Waals surface area contributed by atoms with Crippen molar-refractivity contribution in [2.75, 3.05) is 0 Å². The summed E-state index contributed by atoms with van der Waals surface area (Å²) in [5.41, 5.74) is 3.30. The van der Waals surface area contributed by atoms with Crippen LogP contribution in [0.3, 0.4) is 0 Å². The second-order valence-corrected chi connectivity index (χ2v) is 4.61. The fourth-order valence-corrected chi connectivity index (χ4v) is 1.90. The molecule has 20 heavy (non-hydrogen) atoms. The summed E-state index contributed by atoms with van der Waals surface area (Å²) in [6.45, 7) is 3.88. The van der Waals surface area contributed by atoms with Crippen LogP contribution in [0.25, 0.3) is 0 Å². The van der Waals surface area contributed by atoms with E-state index in [1.807, 2.05) is 32.0 Å². The van der Waals surface area contributed by atoms with Gasteiger partial charge in [0, 0.05) is 5.56 Å². The van der Waals surface area contributed by atoms with Crippen LogP contribution in [0.1, 0.15) is 29.5 Å². The van der Waals surface area contributed by atoms with Crippen molar-refractivity contribution in [2.45, 2.75) is 32.9 Å². The minimum Gasteiger partial charge on any atom is -0.300 e. The maximum absolute atomic E-state index is 11.9. The lowest BCUT2D eigenvalue weighted by atomic mass is 9.98. The molecule has 0 spiro atoms. The molecule has 0 saturated carbocycles. The van der Waals surface area contributed by atoms with Gasteiger partial charge in [0.25, 0.3) is 0 Å². The summed E-state index contributed by atoms with van der Waals surface area (Å²) in [7, 11) is 0. The van der Waals surface area contributed by atoms with Crippen molar-refractivity contribution in [3.8, 4) is 0 Å². The van der Waals surface area contributed by atoms with E-state index in [9.17, 15) is 13.2 Å². The first-order valence-corrected chi connectivity index (χ1v) is 6.34. The van der Waals surface area contributed by atoms with Gasteiger partial charge in [0.15, 0.2) is 0 Å². The van der Waals surface area contributed by atoms with E-state index in [-0.39, 0.29) is 0 Å². The van der Waals surface area contributed by atoms with Gasteiger partial charge in [-0.1, -0.05) is 36.4 Å². The van der Waals surface area contributed by atoms with E-state index < -0.39 is 12.6 Å². The van der Waals surface area contributed by atoms with Crippen LogP contribution in [0.2, 0.25) is 0 Å². The first-order valence-electron chi connectivity index (χ1n) is 6.34. The highest BCUT2D eigenvalue weighted by Crippen LogP contribution is 2.19. The zero-order valence-corrected chi connectivity index (χ0v) is 11.6. The number of rotatable bonds is 5. The van der Waals surface area contributed by atoms with Crippen molar-refractivity contribution in [1.82, 2.24) is 0 Å². The van der Waals surface area contributed by atoms with Crippen molar-refractivity contribution in [2.24, 2.45) is 0 Å². The van der Waals surface area contributed by atoms with E-state index in [0.29, 0.717) is 12.1 Å². The van der Waals surface area contributed by atoms with Crippen molar-refractivity contribution in [1.29, 1.82) is 5.41 Å². The van der Waals surface area contributed by atoms with Crippen LogP contribution in [-0.4, -0.2) is 11.9 Å². The number of benzene rings is 1. The number of halogens is 3. The first kappa shape index (κ1) is 16.2. The summed E-state index contributed by atoms with van der Waals surface area (Å²) in [4.78, 5) is 0. The highest BCUT2D eigenvalue weighted by molar-refractivity contribution is 6.08.